The van der Waals surface area contributed by atoms with Crippen molar-refractivity contribution < 1.29 is 19.8 Å². The molecule has 5 rings (SSSR count). The van der Waals surface area contributed by atoms with Crippen molar-refractivity contribution in [1.82, 2.24) is 0 Å². The van der Waals surface area contributed by atoms with Crippen LogP contribution in [0, 0.1) is 50.2 Å². The van der Waals surface area contributed by atoms with Gasteiger partial charge in [-0.05, 0) is 104 Å². The molecule has 2 N–H and O–H groups in total. The van der Waals surface area contributed by atoms with Crippen molar-refractivity contribution in [3.8, 4) is 0 Å². The van der Waals surface area contributed by atoms with Crippen LogP contribution in [0.15, 0.2) is 11.6 Å². The molecule has 34 heavy (non-hydrogen) atoms. The average Bonchev–Trinajstić information content (AvgIpc) is 2.76. The molecule has 0 unspecified atom stereocenters. The largest absolute Gasteiger partial charge is 0.481 e. The molecule has 5 aliphatic rings. The number of fused-ring (bicyclic) bond motifs is 7. The van der Waals surface area contributed by atoms with E-state index in [1.165, 1.54) is 5.57 Å². The molecule has 0 amide bonds. The Morgan fingerprint density at radius 1 is 0.941 bits per heavy atom. The van der Waals surface area contributed by atoms with Gasteiger partial charge in [0, 0.05) is 0 Å². The summed E-state index contributed by atoms with van der Waals surface area (Å²) < 4.78 is 0. The Hall–Kier alpha value is -1.16. The molecule has 0 aliphatic heterocycles. The van der Waals surface area contributed by atoms with Gasteiger partial charge in [-0.3, -0.25) is 4.79 Å². The molecule has 0 radical (unpaired) electrons. The third-order valence-electron chi connectivity index (χ3n) is 13.0. The topological polar surface area (TPSA) is 74.6 Å². The highest BCUT2D eigenvalue weighted by atomic mass is 16.4. The maximum absolute atomic E-state index is 12.8. The molecular weight excluding hydrogens is 424 g/mol. The third-order valence-corrected chi connectivity index (χ3v) is 13.0. The SMILES string of the molecule is CC1(C)CC[C@]2(C(=O)O)CC[C@]3(C)C(=CC[C@@H]4[C@@]5(C)CC[C@H](O)[C@@](C)(C=O)[C@@H]5CC[C@]43C)[C@H]2C1. The lowest BCUT2D eigenvalue weighted by Gasteiger charge is -2.70. The summed E-state index contributed by atoms with van der Waals surface area (Å²) in [4.78, 5) is 25.1. The fourth-order valence-electron chi connectivity index (χ4n) is 10.5. The van der Waals surface area contributed by atoms with Gasteiger partial charge in [0.2, 0.25) is 0 Å². The third kappa shape index (κ3) is 2.81. The van der Waals surface area contributed by atoms with Gasteiger partial charge in [0.25, 0.3) is 0 Å². The second kappa shape index (κ2) is 7.20. The van der Waals surface area contributed by atoms with Gasteiger partial charge in [0.15, 0.2) is 0 Å². The first-order valence-corrected chi connectivity index (χ1v) is 13.8. The molecule has 0 saturated heterocycles. The first kappa shape index (κ1) is 24.5. The lowest BCUT2D eigenvalue weighted by Crippen LogP contribution is -2.65. The minimum Gasteiger partial charge on any atom is -0.481 e. The quantitative estimate of drug-likeness (QED) is 0.361. The molecule has 0 heterocycles. The van der Waals surface area contributed by atoms with E-state index in [0.29, 0.717) is 12.3 Å². The van der Waals surface area contributed by atoms with Crippen LogP contribution in [0.4, 0.5) is 0 Å². The lowest BCUT2D eigenvalue weighted by molar-refractivity contribution is -0.204. The molecule has 4 heteroatoms. The van der Waals surface area contributed by atoms with E-state index in [-0.39, 0.29) is 33.5 Å². The number of carbonyl (C=O) groups is 2. The predicted molar refractivity (Wildman–Crippen MR) is 133 cm³/mol. The summed E-state index contributed by atoms with van der Waals surface area (Å²) in [5.41, 5.74) is 0.446. The van der Waals surface area contributed by atoms with Gasteiger partial charge >= 0.3 is 5.97 Å². The Morgan fingerprint density at radius 2 is 1.62 bits per heavy atom. The number of hydrogen-bond acceptors (Lipinski definition) is 3. The summed E-state index contributed by atoms with van der Waals surface area (Å²) in [5, 5.41) is 21.3. The summed E-state index contributed by atoms with van der Waals surface area (Å²) in [6, 6.07) is 0. The maximum atomic E-state index is 12.8. The van der Waals surface area contributed by atoms with Gasteiger partial charge in [0.1, 0.15) is 6.29 Å². The first-order valence-electron chi connectivity index (χ1n) is 13.8. The number of carboxylic acids is 1. The van der Waals surface area contributed by atoms with Crippen LogP contribution in [0.1, 0.15) is 106 Å². The Labute approximate surface area is 206 Å². The molecule has 0 aromatic carbocycles. The van der Waals surface area contributed by atoms with Crippen LogP contribution in [0.3, 0.4) is 0 Å². The van der Waals surface area contributed by atoms with Crippen molar-refractivity contribution in [2.75, 3.05) is 0 Å². The number of aliphatic hydroxyl groups is 1. The van der Waals surface area contributed by atoms with Crippen molar-refractivity contribution in [3.05, 3.63) is 11.6 Å². The van der Waals surface area contributed by atoms with E-state index in [1.807, 2.05) is 6.92 Å². The highest BCUT2D eigenvalue weighted by Gasteiger charge is 2.69. The van der Waals surface area contributed by atoms with Gasteiger partial charge in [-0.2, -0.15) is 0 Å². The van der Waals surface area contributed by atoms with Crippen LogP contribution in [0.2, 0.25) is 0 Å². The van der Waals surface area contributed by atoms with Crippen LogP contribution in [-0.2, 0) is 9.59 Å². The molecule has 0 aromatic rings. The van der Waals surface area contributed by atoms with Crippen molar-refractivity contribution in [3.63, 3.8) is 0 Å². The summed E-state index contributed by atoms with van der Waals surface area (Å²) in [7, 11) is 0. The number of carbonyl (C=O) groups excluding carboxylic acids is 1. The van der Waals surface area contributed by atoms with Crippen LogP contribution in [-0.4, -0.2) is 28.6 Å². The van der Waals surface area contributed by atoms with Gasteiger partial charge in [-0.15, -0.1) is 0 Å². The molecule has 9 atom stereocenters. The van der Waals surface area contributed by atoms with E-state index in [1.54, 1.807) is 0 Å². The first-order chi connectivity index (χ1) is 15.7. The normalized spacial score (nSPS) is 53.9. The summed E-state index contributed by atoms with van der Waals surface area (Å²) in [6.07, 6.45) is 12.1. The Morgan fingerprint density at radius 3 is 2.26 bits per heavy atom. The number of hydrogen-bond donors (Lipinski definition) is 2. The van der Waals surface area contributed by atoms with Gasteiger partial charge in [-0.1, -0.05) is 53.2 Å². The molecule has 0 spiro atoms. The highest BCUT2D eigenvalue weighted by Crippen LogP contribution is 2.75. The second-order valence-electron chi connectivity index (χ2n) is 14.7. The van der Waals surface area contributed by atoms with Gasteiger partial charge in [-0.25, -0.2) is 0 Å². The molecule has 0 bridgehead atoms. The van der Waals surface area contributed by atoms with E-state index >= 15 is 0 Å². The average molecular weight is 471 g/mol. The number of rotatable bonds is 2. The molecule has 190 valence electrons. The van der Waals surface area contributed by atoms with Crippen LogP contribution in [0.5, 0.6) is 0 Å². The van der Waals surface area contributed by atoms with Crippen molar-refractivity contribution in [2.24, 2.45) is 50.2 Å². The van der Waals surface area contributed by atoms with Gasteiger partial charge in [0.05, 0.1) is 16.9 Å². The molecule has 5 aliphatic carbocycles. The zero-order chi connectivity index (χ0) is 24.9. The standard InChI is InChI=1S/C30H46O4/c1-25(2)13-15-30(24(33)34)16-14-28(5)19(20(30)17-25)7-8-22-26(3)11-10-23(32)27(4,18-31)21(26)9-12-29(22,28)6/h7,18,20-23,32H,8-17H2,1-6H3,(H,33,34)/t20-,21-,22-,23+,26+,27+,28-,29-,30+/m1/s1. The lowest BCUT2D eigenvalue weighted by atomic mass is 9.33. The van der Waals surface area contributed by atoms with Crippen molar-refractivity contribution in [2.45, 2.75) is 112 Å². The zero-order valence-electron chi connectivity index (χ0n) is 22.2. The van der Waals surface area contributed by atoms with Gasteiger partial charge < -0.3 is 15.0 Å². The van der Waals surface area contributed by atoms with E-state index < -0.39 is 22.9 Å². The van der Waals surface area contributed by atoms with E-state index in [9.17, 15) is 19.8 Å². The number of aliphatic carboxylic acids is 1. The summed E-state index contributed by atoms with van der Waals surface area (Å²) in [6.45, 7) is 14.0. The summed E-state index contributed by atoms with van der Waals surface area (Å²) in [5.74, 6) is 0.201. The fourth-order valence-corrected chi connectivity index (χ4v) is 10.5. The Balaban J connectivity index is 1.60. The van der Waals surface area contributed by atoms with Crippen LogP contribution in [0.25, 0.3) is 0 Å². The molecule has 4 saturated carbocycles. The zero-order valence-corrected chi connectivity index (χ0v) is 22.2. The van der Waals surface area contributed by atoms with Crippen molar-refractivity contribution >= 4 is 12.3 Å². The number of aldehydes is 1. The smallest absolute Gasteiger partial charge is 0.310 e. The van der Waals surface area contributed by atoms with Crippen LogP contribution < -0.4 is 0 Å². The maximum Gasteiger partial charge on any atom is 0.310 e. The minimum absolute atomic E-state index is 0.00538. The predicted octanol–water partition coefficient (Wildman–Crippen LogP) is 6.41. The van der Waals surface area contributed by atoms with Crippen LogP contribution >= 0.6 is 0 Å². The molecular formula is C30H46O4. The minimum atomic E-state index is -0.669. The summed E-state index contributed by atoms with van der Waals surface area (Å²) >= 11 is 0. The van der Waals surface area contributed by atoms with E-state index in [0.717, 1.165) is 64.1 Å². The number of allylic oxidation sites excluding steroid dienone is 2. The number of aliphatic hydroxyl groups excluding tert-OH is 1. The molecule has 4 nitrogen and oxygen atoms in total. The Kier molecular flexibility index (Phi) is 5.20. The van der Waals surface area contributed by atoms with Crippen molar-refractivity contribution in [1.29, 1.82) is 0 Å². The second-order valence-corrected chi connectivity index (χ2v) is 14.7. The fraction of sp³-hybridized carbons (Fsp3) is 0.867. The monoisotopic (exact) mass is 470 g/mol. The number of carboxylic acid groups (broad SMARTS) is 1. The highest BCUT2D eigenvalue weighted by molar-refractivity contribution is 5.76. The molecule has 4 fully saturated rings. The van der Waals surface area contributed by atoms with E-state index in [2.05, 4.69) is 40.7 Å². The molecule has 0 aromatic heterocycles. The Bertz CT molecular complexity index is 936. The van der Waals surface area contributed by atoms with E-state index in [4.69, 9.17) is 0 Å².